The fourth-order valence-corrected chi connectivity index (χ4v) is 6.24. The van der Waals surface area contributed by atoms with Crippen LogP contribution in [0.2, 0.25) is 0 Å². The number of rotatable bonds is 8. The minimum absolute atomic E-state index is 0.0716. The first-order chi connectivity index (χ1) is 20.0. The zero-order valence-corrected chi connectivity index (χ0v) is 23.7. The third-order valence-electron chi connectivity index (χ3n) is 7.89. The van der Waals surface area contributed by atoms with Crippen LogP contribution in [0.1, 0.15) is 63.0 Å². The van der Waals surface area contributed by atoms with Crippen LogP contribution in [-0.4, -0.2) is 49.8 Å². The van der Waals surface area contributed by atoms with Crippen molar-refractivity contribution in [2.75, 3.05) is 13.2 Å². The van der Waals surface area contributed by atoms with Gasteiger partial charge < -0.3 is 19.1 Å². The minimum Gasteiger partial charge on any atom is -0.486 e. The fraction of sp³-hybridized carbons (Fsp3) is 0.414. The summed E-state index contributed by atoms with van der Waals surface area (Å²) in [4.78, 5) is 22.5. The quantitative estimate of drug-likeness (QED) is 0.242. The third kappa shape index (κ3) is 5.48. The molecule has 2 atom stereocenters. The van der Waals surface area contributed by atoms with Gasteiger partial charge in [-0.05, 0) is 62.1 Å². The molecule has 1 fully saturated rings. The van der Waals surface area contributed by atoms with Gasteiger partial charge in [0.15, 0.2) is 5.82 Å². The second kappa shape index (κ2) is 10.9. The van der Waals surface area contributed by atoms with E-state index in [0.29, 0.717) is 53.6 Å². The number of carboxylic acid groups (broad SMARTS) is 1. The van der Waals surface area contributed by atoms with Gasteiger partial charge in [0.2, 0.25) is 0 Å². The Bertz CT molecular complexity index is 1660. The average molecular weight is 605 g/mol. The molecule has 0 unspecified atom stereocenters. The highest BCUT2D eigenvalue weighted by atomic mass is 32.1. The first kappa shape index (κ1) is 28.6. The number of hydrogen-bond acceptors (Lipinski definition) is 7. The highest BCUT2D eigenvalue weighted by Crippen LogP contribution is 2.42. The minimum atomic E-state index is -4.59. The van der Waals surface area contributed by atoms with Gasteiger partial charge in [-0.3, -0.25) is 4.90 Å². The number of carboxylic acids is 1. The Kier molecular flexibility index (Phi) is 7.44. The molecule has 42 heavy (non-hydrogen) atoms. The Morgan fingerprint density at radius 1 is 1.24 bits per heavy atom. The summed E-state index contributed by atoms with van der Waals surface area (Å²) in [5.41, 5.74) is 1.53. The molecule has 2 aliphatic rings. The number of ether oxygens (including phenoxy) is 2. The number of alkyl halides is 3. The number of carbonyl (C=O) groups is 1. The standard InChI is InChI=1S/C29H28F4N4O4S/c1-15-14-42-26(34-15)13-41-24-10-20-16(2)36(5-3-17(20)7-21(24)29(31,32)33)12-25-35-27-22(30)8-18(28(38)39)9-23(27)37(25)11-19-4-6-40-19/h7-10,14,16,19H,3-6,11-13H2,1-2H3,(H,38,39)/t16-,19-/m0/s1. The molecule has 1 N–H and O–H groups in total. The van der Waals surface area contributed by atoms with Crippen molar-refractivity contribution in [3.8, 4) is 5.75 Å². The summed E-state index contributed by atoms with van der Waals surface area (Å²) in [7, 11) is 0. The van der Waals surface area contributed by atoms with Gasteiger partial charge in [-0.25, -0.2) is 19.2 Å². The third-order valence-corrected chi connectivity index (χ3v) is 8.83. The number of hydrogen-bond donors (Lipinski definition) is 1. The van der Waals surface area contributed by atoms with E-state index in [1.165, 1.54) is 29.5 Å². The SMILES string of the molecule is Cc1csc(COc2cc3c(cc2C(F)(F)F)CCN(Cc2nc4c(F)cc(C(=O)O)cc4n2C[C@@H]2CCO2)[C@H]3C)n1. The predicted octanol–water partition coefficient (Wildman–Crippen LogP) is 6.14. The molecule has 2 aromatic carbocycles. The summed E-state index contributed by atoms with van der Waals surface area (Å²) >= 11 is 1.33. The van der Waals surface area contributed by atoms with E-state index < -0.39 is 23.5 Å². The molecule has 0 spiro atoms. The van der Waals surface area contributed by atoms with Crippen LogP contribution in [0, 0.1) is 12.7 Å². The number of fused-ring (bicyclic) bond motifs is 2. The van der Waals surface area contributed by atoms with Crippen LogP contribution in [0.15, 0.2) is 29.6 Å². The number of halogens is 4. The molecular weight excluding hydrogens is 576 g/mol. The van der Waals surface area contributed by atoms with E-state index in [4.69, 9.17) is 9.47 Å². The molecule has 0 amide bonds. The second-order valence-corrected chi connectivity index (χ2v) is 11.6. The molecule has 1 saturated heterocycles. The van der Waals surface area contributed by atoms with Crippen LogP contribution >= 0.6 is 11.3 Å². The van der Waals surface area contributed by atoms with Crippen molar-refractivity contribution in [3.63, 3.8) is 0 Å². The summed E-state index contributed by atoms with van der Waals surface area (Å²) in [5, 5.41) is 11.9. The predicted molar refractivity (Wildman–Crippen MR) is 146 cm³/mol. The maximum absolute atomic E-state index is 15.0. The molecule has 2 aromatic heterocycles. The molecule has 0 saturated carbocycles. The summed E-state index contributed by atoms with van der Waals surface area (Å²) in [6, 6.07) is 4.72. The molecule has 2 aliphatic heterocycles. The van der Waals surface area contributed by atoms with Crippen molar-refractivity contribution in [3.05, 3.63) is 74.2 Å². The molecular formula is C29H28F4N4O4S. The number of aromatic nitrogens is 3. The van der Waals surface area contributed by atoms with Crippen molar-refractivity contribution in [2.45, 2.75) is 64.7 Å². The summed E-state index contributed by atoms with van der Waals surface area (Å²) in [6.07, 6.45) is -3.49. The highest BCUT2D eigenvalue weighted by Gasteiger charge is 2.37. The van der Waals surface area contributed by atoms with Gasteiger partial charge in [-0.1, -0.05) is 0 Å². The first-order valence-corrected chi connectivity index (χ1v) is 14.4. The number of aryl methyl sites for hydroxylation is 1. The molecule has 13 heteroatoms. The van der Waals surface area contributed by atoms with Crippen molar-refractivity contribution < 1.29 is 36.9 Å². The maximum atomic E-state index is 15.0. The van der Waals surface area contributed by atoms with Crippen molar-refractivity contribution in [1.82, 2.24) is 19.4 Å². The van der Waals surface area contributed by atoms with Gasteiger partial charge in [0.1, 0.15) is 28.7 Å². The van der Waals surface area contributed by atoms with Gasteiger partial charge in [-0.2, -0.15) is 13.2 Å². The molecule has 6 rings (SSSR count). The van der Waals surface area contributed by atoms with E-state index in [9.17, 15) is 27.5 Å². The normalized spacial score (nSPS) is 19.1. The Morgan fingerprint density at radius 2 is 2.02 bits per heavy atom. The molecule has 4 heterocycles. The number of nitrogens with zero attached hydrogens (tertiary/aromatic N) is 4. The lowest BCUT2D eigenvalue weighted by molar-refractivity contribution is -0.139. The zero-order valence-electron chi connectivity index (χ0n) is 22.9. The maximum Gasteiger partial charge on any atom is 0.419 e. The number of benzene rings is 2. The van der Waals surface area contributed by atoms with Crippen molar-refractivity contribution in [1.29, 1.82) is 0 Å². The topological polar surface area (TPSA) is 89.7 Å². The lowest BCUT2D eigenvalue weighted by Crippen LogP contribution is -2.36. The van der Waals surface area contributed by atoms with Crippen molar-refractivity contribution in [2.24, 2.45) is 0 Å². The molecule has 0 aliphatic carbocycles. The van der Waals surface area contributed by atoms with E-state index in [-0.39, 0.29) is 42.1 Å². The summed E-state index contributed by atoms with van der Waals surface area (Å²) < 4.78 is 70.1. The number of aromatic carboxylic acids is 1. The molecule has 4 aromatic rings. The van der Waals surface area contributed by atoms with Crippen LogP contribution in [0.5, 0.6) is 5.75 Å². The number of imidazole rings is 1. The molecule has 222 valence electrons. The van der Waals surface area contributed by atoms with E-state index in [1.54, 1.807) is 4.57 Å². The van der Waals surface area contributed by atoms with Crippen LogP contribution < -0.4 is 4.74 Å². The Morgan fingerprint density at radius 3 is 2.67 bits per heavy atom. The zero-order chi connectivity index (χ0) is 29.8. The second-order valence-electron chi connectivity index (χ2n) is 10.7. The van der Waals surface area contributed by atoms with E-state index in [0.717, 1.165) is 18.2 Å². The molecule has 0 bridgehead atoms. The first-order valence-electron chi connectivity index (χ1n) is 13.5. The van der Waals surface area contributed by atoms with E-state index in [1.807, 2.05) is 19.2 Å². The van der Waals surface area contributed by atoms with Crippen LogP contribution in [0.25, 0.3) is 11.0 Å². The van der Waals surface area contributed by atoms with Gasteiger partial charge in [0, 0.05) is 30.3 Å². The van der Waals surface area contributed by atoms with Crippen LogP contribution in [0.3, 0.4) is 0 Å². The monoisotopic (exact) mass is 604 g/mol. The van der Waals surface area contributed by atoms with Gasteiger partial charge in [0.25, 0.3) is 0 Å². The average Bonchev–Trinajstić information content (AvgIpc) is 3.48. The Hall–Kier alpha value is -3.55. The largest absolute Gasteiger partial charge is 0.486 e. The molecule has 0 radical (unpaired) electrons. The molecule has 8 nitrogen and oxygen atoms in total. The van der Waals surface area contributed by atoms with Gasteiger partial charge in [0.05, 0.1) is 35.8 Å². The smallest absolute Gasteiger partial charge is 0.419 e. The fourth-order valence-electron chi connectivity index (χ4n) is 5.56. The van der Waals surface area contributed by atoms with Crippen LogP contribution in [-0.2, 0) is 37.0 Å². The van der Waals surface area contributed by atoms with Gasteiger partial charge >= 0.3 is 12.1 Å². The number of thiazole rings is 1. The van der Waals surface area contributed by atoms with E-state index in [2.05, 4.69) is 14.9 Å². The Labute approximate surface area is 242 Å². The van der Waals surface area contributed by atoms with Gasteiger partial charge in [-0.15, -0.1) is 11.3 Å². The summed E-state index contributed by atoms with van der Waals surface area (Å²) in [6.45, 7) is 5.38. The summed E-state index contributed by atoms with van der Waals surface area (Å²) in [5.74, 6) is -1.69. The van der Waals surface area contributed by atoms with Crippen LogP contribution in [0.4, 0.5) is 17.6 Å². The lowest BCUT2D eigenvalue weighted by atomic mass is 9.91. The van der Waals surface area contributed by atoms with E-state index >= 15 is 0 Å². The lowest BCUT2D eigenvalue weighted by Gasteiger charge is -2.36. The highest BCUT2D eigenvalue weighted by molar-refractivity contribution is 7.09. The Balaban J connectivity index is 1.32. The van der Waals surface area contributed by atoms with Crippen molar-refractivity contribution >= 4 is 28.3 Å².